The van der Waals surface area contributed by atoms with E-state index in [-0.39, 0.29) is 24.8 Å². The number of nitrogens with one attached hydrogen (secondary N) is 2. The number of carbonyl (C=O) groups is 2. The van der Waals surface area contributed by atoms with Crippen LogP contribution in [0.1, 0.15) is 6.92 Å². The Balaban J connectivity index is 0. The minimum Gasteiger partial charge on any atom is -0.356 e. The van der Waals surface area contributed by atoms with Gasteiger partial charge in [-0.25, -0.2) is 0 Å². The van der Waals surface area contributed by atoms with E-state index in [9.17, 15) is 9.59 Å². The summed E-state index contributed by atoms with van der Waals surface area (Å²) in [5.41, 5.74) is 0. The van der Waals surface area contributed by atoms with Crippen LogP contribution in [0.5, 0.6) is 0 Å². The molecule has 0 fully saturated rings. The molecule has 6 heteroatoms. The molecule has 0 spiro atoms. The molecular formula is C11H20N2O4. The van der Waals surface area contributed by atoms with Gasteiger partial charge in [0.1, 0.15) is 0 Å². The zero-order valence-electron chi connectivity index (χ0n) is 10.5. The van der Waals surface area contributed by atoms with E-state index in [1.807, 2.05) is 6.92 Å². The predicted octanol–water partition coefficient (Wildman–Crippen LogP) is 0.173. The zero-order valence-corrected chi connectivity index (χ0v) is 10.5. The molecule has 0 heterocycles. The van der Waals surface area contributed by atoms with Gasteiger partial charge in [-0.3, -0.25) is 9.59 Å². The van der Waals surface area contributed by atoms with Crippen LogP contribution in [0.2, 0.25) is 0 Å². The van der Waals surface area contributed by atoms with Crippen molar-refractivity contribution < 1.29 is 19.1 Å². The van der Waals surface area contributed by atoms with E-state index in [4.69, 9.17) is 0 Å². The first-order valence-corrected chi connectivity index (χ1v) is 4.87. The molecule has 0 aromatic rings. The Bertz CT molecular complexity index is 230. The highest BCUT2D eigenvalue weighted by Gasteiger charge is 1.93. The average molecular weight is 244 g/mol. The van der Waals surface area contributed by atoms with Crippen LogP contribution in [-0.2, 0) is 19.1 Å². The van der Waals surface area contributed by atoms with E-state index in [1.165, 1.54) is 0 Å². The molecule has 0 radical (unpaired) electrons. The summed E-state index contributed by atoms with van der Waals surface area (Å²) in [7, 11) is 3.21. The third kappa shape index (κ3) is 14.3. The third-order valence-corrected chi connectivity index (χ3v) is 1.56. The Morgan fingerprint density at radius 1 is 1.12 bits per heavy atom. The normalized spacial score (nSPS) is 8.71. The number of methoxy groups -OCH3 is 2. The third-order valence-electron chi connectivity index (χ3n) is 1.56. The molecule has 0 aliphatic rings. The van der Waals surface area contributed by atoms with Crippen LogP contribution in [-0.4, -0.2) is 39.0 Å². The Kier molecular flexibility index (Phi) is 12.9. The maximum absolute atomic E-state index is 10.5. The lowest BCUT2D eigenvalue weighted by atomic mass is 10.5. The lowest BCUT2D eigenvalue weighted by molar-refractivity contribution is -0.118. The van der Waals surface area contributed by atoms with Gasteiger partial charge in [0.15, 0.2) is 6.29 Å². The van der Waals surface area contributed by atoms with E-state index in [0.717, 1.165) is 12.2 Å². The molecule has 0 bridgehead atoms. The maximum Gasteiger partial charge on any atom is 0.244 e. The van der Waals surface area contributed by atoms with E-state index in [1.54, 1.807) is 14.2 Å². The van der Waals surface area contributed by atoms with Crippen LogP contribution in [0.15, 0.2) is 25.3 Å². The lowest BCUT2D eigenvalue weighted by Crippen LogP contribution is -2.35. The molecule has 17 heavy (non-hydrogen) atoms. The molecule has 6 nitrogen and oxygen atoms in total. The standard InChI is InChI=1S/C7H10N2O2.C4H10O2/c1-3-6(10)8-5-9-7(11)4-2;1-4(5-2)6-3/h3-4H,1-2,5H2,(H,8,10)(H,9,11);4H,1-3H3. The fraction of sp³-hybridized carbons (Fsp3) is 0.455. The van der Waals surface area contributed by atoms with Gasteiger partial charge in [-0.1, -0.05) is 13.2 Å². The van der Waals surface area contributed by atoms with Gasteiger partial charge in [0.05, 0.1) is 6.67 Å². The van der Waals surface area contributed by atoms with Gasteiger partial charge in [-0.2, -0.15) is 0 Å². The smallest absolute Gasteiger partial charge is 0.244 e. The number of carbonyl (C=O) groups excluding carboxylic acids is 2. The minimum atomic E-state index is -0.325. The molecule has 98 valence electrons. The van der Waals surface area contributed by atoms with Crippen LogP contribution >= 0.6 is 0 Å². The van der Waals surface area contributed by atoms with Gasteiger partial charge in [0.25, 0.3) is 0 Å². The van der Waals surface area contributed by atoms with Crippen LogP contribution in [0.25, 0.3) is 0 Å². The number of amides is 2. The summed E-state index contributed by atoms with van der Waals surface area (Å²) in [6.07, 6.45) is 2.19. The largest absolute Gasteiger partial charge is 0.356 e. The van der Waals surface area contributed by atoms with Crippen molar-refractivity contribution in [3.05, 3.63) is 25.3 Å². The van der Waals surface area contributed by atoms with E-state index in [0.29, 0.717) is 0 Å². The number of rotatable bonds is 6. The van der Waals surface area contributed by atoms with Gasteiger partial charge in [0.2, 0.25) is 11.8 Å². The molecule has 0 unspecified atom stereocenters. The van der Waals surface area contributed by atoms with Gasteiger partial charge in [-0.15, -0.1) is 0 Å². The number of hydrogen-bond donors (Lipinski definition) is 2. The Labute approximate surface area is 102 Å². The van der Waals surface area contributed by atoms with Crippen LogP contribution < -0.4 is 10.6 Å². The van der Waals surface area contributed by atoms with Gasteiger partial charge >= 0.3 is 0 Å². The summed E-state index contributed by atoms with van der Waals surface area (Å²) in [4.78, 5) is 21.0. The van der Waals surface area contributed by atoms with Crippen LogP contribution in [0.3, 0.4) is 0 Å². The highest BCUT2D eigenvalue weighted by Crippen LogP contribution is 1.83. The summed E-state index contributed by atoms with van der Waals surface area (Å²) < 4.78 is 9.35. The molecule has 0 aromatic heterocycles. The summed E-state index contributed by atoms with van der Waals surface area (Å²) in [6.45, 7) is 8.39. The second kappa shape index (κ2) is 12.4. The van der Waals surface area contributed by atoms with E-state index >= 15 is 0 Å². The summed E-state index contributed by atoms with van der Waals surface area (Å²) >= 11 is 0. The van der Waals surface area contributed by atoms with Crippen LogP contribution in [0.4, 0.5) is 0 Å². The molecule has 0 aliphatic heterocycles. The summed E-state index contributed by atoms with van der Waals surface area (Å²) in [5, 5.41) is 4.72. The average Bonchev–Trinajstić information content (AvgIpc) is 2.37. The first-order valence-electron chi connectivity index (χ1n) is 4.87. The first-order chi connectivity index (χ1) is 8.01. The Morgan fingerprint density at radius 3 is 1.65 bits per heavy atom. The molecule has 2 amide bonds. The fourth-order valence-corrected chi connectivity index (χ4v) is 0.459. The highest BCUT2D eigenvalue weighted by atomic mass is 16.7. The molecule has 0 rings (SSSR count). The van der Waals surface area contributed by atoms with Gasteiger partial charge in [-0.05, 0) is 19.1 Å². The highest BCUT2D eigenvalue weighted by molar-refractivity contribution is 5.89. The second-order valence-electron chi connectivity index (χ2n) is 2.71. The van der Waals surface area contributed by atoms with Crippen molar-refractivity contribution in [2.24, 2.45) is 0 Å². The van der Waals surface area contributed by atoms with Gasteiger partial charge < -0.3 is 20.1 Å². The van der Waals surface area contributed by atoms with Crippen molar-refractivity contribution in [2.75, 3.05) is 20.9 Å². The second-order valence-corrected chi connectivity index (χ2v) is 2.71. The molecule has 0 saturated heterocycles. The fourth-order valence-electron chi connectivity index (χ4n) is 0.459. The molecule has 0 atom stereocenters. The summed E-state index contributed by atoms with van der Waals surface area (Å²) in [6, 6.07) is 0. The lowest BCUT2D eigenvalue weighted by Gasteiger charge is -2.03. The van der Waals surface area contributed by atoms with Crippen molar-refractivity contribution >= 4 is 11.8 Å². The van der Waals surface area contributed by atoms with Crippen molar-refractivity contribution in [1.29, 1.82) is 0 Å². The minimum absolute atomic E-state index is 0.0648. The number of ether oxygens (including phenoxy) is 2. The van der Waals surface area contributed by atoms with Crippen molar-refractivity contribution in [3.63, 3.8) is 0 Å². The SMILES string of the molecule is C=CC(=O)NCNC(=O)C=C.COC(C)OC. The summed E-state index contributed by atoms with van der Waals surface area (Å²) in [5.74, 6) is -0.649. The predicted molar refractivity (Wildman–Crippen MR) is 65.0 cm³/mol. The Morgan fingerprint density at radius 2 is 1.47 bits per heavy atom. The van der Waals surface area contributed by atoms with Crippen molar-refractivity contribution in [1.82, 2.24) is 10.6 Å². The molecule has 0 aliphatic carbocycles. The van der Waals surface area contributed by atoms with Crippen molar-refractivity contribution in [2.45, 2.75) is 13.2 Å². The van der Waals surface area contributed by atoms with Crippen molar-refractivity contribution in [3.8, 4) is 0 Å². The van der Waals surface area contributed by atoms with E-state index in [2.05, 4.69) is 33.3 Å². The quantitative estimate of drug-likeness (QED) is 0.516. The van der Waals surface area contributed by atoms with Gasteiger partial charge in [0, 0.05) is 14.2 Å². The molecule has 2 N–H and O–H groups in total. The van der Waals surface area contributed by atoms with Crippen LogP contribution in [0, 0.1) is 0 Å². The topological polar surface area (TPSA) is 76.7 Å². The Hall–Kier alpha value is -1.66. The molecular weight excluding hydrogens is 224 g/mol. The van der Waals surface area contributed by atoms with E-state index < -0.39 is 0 Å². The molecule has 0 aromatic carbocycles. The monoisotopic (exact) mass is 244 g/mol. The molecule has 0 saturated carbocycles. The zero-order chi connectivity index (χ0) is 13.7. The number of hydrogen-bond acceptors (Lipinski definition) is 4. The maximum atomic E-state index is 10.5. The first kappa shape index (κ1) is 17.7.